The van der Waals surface area contributed by atoms with E-state index in [2.05, 4.69) is 24.1 Å². The zero-order valence-electron chi connectivity index (χ0n) is 24.1. The topological polar surface area (TPSA) is 97.6 Å². The van der Waals surface area contributed by atoms with Crippen LogP contribution in [0.5, 0.6) is 5.75 Å². The number of ether oxygens (including phenoxy) is 1. The second-order valence-corrected chi connectivity index (χ2v) is 10.9. The molecule has 1 heterocycles. The van der Waals surface area contributed by atoms with Crippen molar-refractivity contribution in [1.29, 1.82) is 0 Å². The summed E-state index contributed by atoms with van der Waals surface area (Å²) in [6, 6.07) is 6.79. The molecule has 8 nitrogen and oxygen atoms in total. The minimum Gasteiger partial charge on any atom is -0.490 e. The number of nitro groups is 1. The SMILES string of the molecule is CCCN(CCC(C)CCc1cc(O[C@H]2CC[C@H](Nc3ccc([N+](=O)[O-])c(C(F)(F)F)c3)CC2)ccn1)C(=O)CC. The Morgan fingerprint density at radius 2 is 1.88 bits per heavy atom. The first kappa shape index (κ1) is 32.1. The Labute approximate surface area is 239 Å². The van der Waals surface area contributed by atoms with Gasteiger partial charge in [-0.1, -0.05) is 20.8 Å². The van der Waals surface area contributed by atoms with Crippen molar-refractivity contribution in [2.45, 2.75) is 96.9 Å². The third-order valence-corrected chi connectivity index (χ3v) is 7.57. The van der Waals surface area contributed by atoms with Crippen LogP contribution in [-0.4, -0.2) is 45.9 Å². The average Bonchev–Trinajstić information content (AvgIpc) is 2.94. The Bertz CT molecular complexity index is 1150. The zero-order valence-corrected chi connectivity index (χ0v) is 24.1. The second-order valence-electron chi connectivity index (χ2n) is 10.9. The number of carbonyl (C=O) groups excluding carboxylic acids is 1. The molecule has 1 saturated carbocycles. The lowest BCUT2D eigenvalue weighted by atomic mass is 9.92. The van der Waals surface area contributed by atoms with Crippen molar-refractivity contribution in [3.63, 3.8) is 0 Å². The summed E-state index contributed by atoms with van der Waals surface area (Å²) in [4.78, 5) is 28.5. The third-order valence-electron chi connectivity index (χ3n) is 7.57. The molecule has 226 valence electrons. The number of halogens is 3. The highest BCUT2D eigenvalue weighted by molar-refractivity contribution is 5.75. The highest BCUT2D eigenvalue weighted by Gasteiger charge is 2.38. The molecule has 3 rings (SSSR count). The Balaban J connectivity index is 1.46. The lowest BCUT2D eigenvalue weighted by molar-refractivity contribution is -0.388. The number of hydrogen-bond acceptors (Lipinski definition) is 6. The number of anilines is 1. The number of carbonyl (C=O) groups is 1. The van der Waals surface area contributed by atoms with E-state index >= 15 is 0 Å². The molecule has 1 aromatic heterocycles. The molecule has 1 aliphatic rings. The van der Waals surface area contributed by atoms with Gasteiger partial charge >= 0.3 is 6.18 Å². The van der Waals surface area contributed by atoms with Crippen LogP contribution in [0.3, 0.4) is 0 Å². The fourth-order valence-corrected chi connectivity index (χ4v) is 5.20. The first-order valence-corrected chi connectivity index (χ1v) is 14.5. The Morgan fingerprint density at radius 3 is 2.51 bits per heavy atom. The van der Waals surface area contributed by atoms with E-state index in [1.165, 1.54) is 6.07 Å². The zero-order chi connectivity index (χ0) is 30.0. The van der Waals surface area contributed by atoms with Crippen LogP contribution in [0.25, 0.3) is 0 Å². The standard InChI is InChI=1S/C30H41F3N4O4/c1-4-17-36(29(38)5-2)18-15-21(3)6-7-23-19-26(14-16-34-23)41-25-11-8-22(9-12-25)35-24-10-13-28(37(39)40)27(20-24)30(31,32)33/h10,13-14,16,19-22,25,35H,4-9,11-12,15,17-18H2,1-3H3/t21?,22-,25-. The molecule has 0 aliphatic heterocycles. The van der Waals surface area contributed by atoms with E-state index in [9.17, 15) is 28.1 Å². The number of nitro benzene ring substituents is 1. The van der Waals surface area contributed by atoms with Gasteiger partial charge in [-0.15, -0.1) is 0 Å². The van der Waals surface area contributed by atoms with Crippen molar-refractivity contribution in [3.05, 3.63) is 57.9 Å². The van der Waals surface area contributed by atoms with Crippen molar-refractivity contribution in [1.82, 2.24) is 9.88 Å². The van der Waals surface area contributed by atoms with E-state index < -0.39 is 22.4 Å². The Hall–Kier alpha value is -3.37. The molecule has 1 aliphatic carbocycles. The molecule has 1 aromatic carbocycles. The molecule has 11 heteroatoms. The molecule has 1 unspecified atom stereocenters. The van der Waals surface area contributed by atoms with Crippen LogP contribution in [0.4, 0.5) is 24.5 Å². The summed E-state index contributed by atoms with van der Waals surface area (Å²) >= 11 is 0. The summed E-state index contributed by atoms with van der Waals surface area (Å²) in [5.41, 5.74) is -1.03. The highest BCUT2D eigenvalue weighted by Crippen LogP contribution is 2.38. The number of nitrogens with zero attached hydrogens (tertiary/aromatic N) is 3. The minimum absolute atomic E-state index is 0.00882. The second kappa shape index (κ2) is 15.0. The maximum Gasteiger partial charge on any atom is 0.423 e. The number of amides is 1. The average molecular weight is 579 g/mol. The van der Waals surface area contributed by atoms with Crippen molar-refractivity contribution in [2.24, 2.45) is 5.92 Å². The monoisotopic (exact) mass is 578 g/mol. The van der Waals surface area contributed by atoms with Gasteiger partial charge in [-0.2, -0.15) is 13.2 Å². The molecule has 0 bridgehead atoms. The maximum absolute atomic E-state index is 13.3. The van der Waals surface area contributed by atoms with E-state index in [0.717, 1.165) is 75.2 Å². The van der Waals surface area contributed by atoms with Gasteiger partial charge < -0.3 is 15.0 Å². The first-order chi connectivity index (χ1) is 19.5. The summed E-state index contributed by atoms with van der Waals surface area (Å²) in [6.45, 7) is 7.77. The summed E-state index contributed by atoms with van der Waals surface area (Å²) in [6.07, 6.45) is 4.03. The number of rotatable bonds is 14. The van der Waals surface area contributed by atoms with Gasteiger partial charge in [0.15, 0.2) is 0 Å². The number of nitrogens with one attached hydrogen (secondary N) is 1. The van der Waals surface area contributed by atoms with Gasteiger partial charge in [0, 0.05) is 55.3 Å². The van der Waals surface area contributed by atoms with E-state index in [-0.39, 0.29) is 23.7 Å². The van der Waals surface area contributed by atoms with Gasteiger partial charge in [-0.05, 0) is 75.5 Å². The molecule has 1 atom stereocenters. The van der Waals surface area contributed by atoms with Crippen LogP contribution >= 0.6 is 0 Å². The lowest BCUT2D eigenvalue weighted by Crippen LogP contribution is -2.32. The van der Waals surface area contributed by atoms with Gasteiger partial charge in [0.25, 0.3) is 5.69 Å². The summed E-state index contributed by atoms with van der Waals surface area (Å²) in [7, 11) is 0. The van der Waals surface area contributed by atoms with E-state index in [1.54, 1.807) is 6.20 Å². The number of benzene rings is 1. The third kappa shape index (κ3) is 9.89. The highest BCUT2D eigenvalue weighted by atomic mass is 19.4. The normalized spacial score (nSPS) is 18.0. The summed E-state index contributed by atoms with van der Waals surface area (Å²) in [5.74, 6) is 1.42. The van der Waals surface area contributed by atoms with Gasteiger partial charge in [-0.25, -0.2) is 0 Å². The number of alkyl halides is 3. The largest absolute Gasteiger partial charge is 0.490 e. The van der Waals surface area contributed by atoms with E-state index in [4.69, 9.17) is 4.74 Å². The van der Waals surface area contributed by atoms with Crippen LogP contribution in [0.15, 0.2) is 36.5 Å². The number of aryl methyl sites for hydroxylation is 1. The predicted molar refractivity (Wildman–Crippen MR) is 152 cm³/mol. The number of aromatic nitrogens is 1. The Kier molecular flexibility index (Phi) is 11.8. The number of pyridine rings is 1. The minimum atomic E-state index is -4.81. The van der Waals surface area contributed by atoms with Crippen LogP contribution < -0.4 is 10.1 Å². The van der Waals surface area contributed by atoms with Crippen LogP contribution in [-0.2, 0) is 17.4 Å². The van der Waals surface area contributed by atoms with Crippen LogP contribution in [0.2, 0.25) is 0 Å². The molecule has 0 radical (unpaired) electrons. The molecular formula is C30H41F3N4O4. The van der Waals surface area contributed by atoms with Crippen molar-refractivity contribution < 1.29 is 27.6 Å². The first-order valence-electron chi connectivity index (χ1n) is 14.5. The van der Waals surface area contributed by atoms with Crippen LogP contribution in [0.1, 0.15) is 83.4 Å². The van der Waals surface area contributed by atoms with Gasteiger partial charge in [-0.3, -0.25) is 19.9 Å². The fraction of sp³-hybridized carbons (Fsp3) is 0.600. The van der Waals surface area contributed by atoms with Gasteiger partial charge in [0.2, 0.25) is 5.91 Å². The molecule has 1 fully saturated rings. The number of hydrogen-bond donors (Lipinski definition) is 1. The van der Waals surface area contributed by atoms with Gasteiger partial charge in [0.05, 0.1) is 11.0 Å². The molecule has 0 spiro atoms. The molecule has 2 aromatic rings. The quantitative estimate of drug-likeness (QED) is 0.185. The van der Waals surface area contributed by atoms with Crippen molar-refractivity contribution >= 4 is 17.3 Å². The lowest BCUT2D eigenvalue weighted by Gasteiger charge is -2.30. The van der Waals surface area contributed by atoms with Crippen molar-refractivity contribution in [2.75, 3.05) is 18.4 Å². The summed E-state index contributed by atoms with van der Waals surface area (Å²) < 4.78 is 46.1. The van der Waals surface area contributed by atoms with Crippen LogP contribution in [0, 0.1) is 16.0 Å². The smallest absolute Gasteiger partial charge is 0.423 e. The maximum atomic E-state index is 13.3. The Morgan fingerprint density at radius 1 is 1.15 bits per heavy atom. The summed E-state index contributed by atoms with van der Waals surface area (Å²) in [5, 5.41) is 14.1. The van der Waals surface area contributed by atoms with E-state index in [0.29, 0.717) is 25.2 Å². The molecule has 1 N–H and O–H groups in total. The molecular weight excluding hydrogens is 537 g/mol. The fourth-order valence-electron chi connectivity index (χ4n) is 5.20. The molecule has 41 heavy (non-hydrogen) atoms. The van der Waals surface area contributed by atoms with Gasteiger partial charge in [0.1, 0.15) is 11.3 Å². The molecule has 1 amide bonds. The molecule has 0 saturated heterocycles. The van der Waals surface area contributed by atoms with E-state index in [1.807, 2.05) is 24.0 Å². The predicted octanol–water partition coefficient (Wildman–Crippen LogP) is 7.42. The van der Waals surface area contributed by atoms with Crippen molar-refractivity contribution in [3.8, 4) is 5.75 Å².